The van der Waals surface area contributed by atoms with E-state index in [2.05, 4.69) is 4.72 Å². The van der Waals surface area contributed by atoms with Crippen molar-refractivity contribution in [3.8, 4) is 0 Å². The molecule has 2 N–H and O–H groups in total. The van der Waals surface area contributed by atoms with Crippen molar-refractivity contribution in [1.82, 2.24) is 9.62 Å². The van der Waals surface area contributed by atoms with Crippen molar-refractivity contribution in [1.29, 1.82) is 0 Å². The first-order chi connectivity index (χ1) is 19.1. The highest BCUT2D eigenvalue weighted by Crippen LogP contribution is 2.46. The summed E-state index contributed by atoms with van der Waals surface area (Å²) < 4.78 is 28.7. The molecule has 2 aromatic carbocycles. The van der Waals surface area contributed by atoms with Crippen LogP contribution in [-0.4, -0.2) is 48.6 Å². The number of halogens is 2. The molecule has 2 aromatic rings. The summed E-state index contributed by atoms with van der Waals surface area (Å²) in [5.41, 5.74) is 1.74. The number of amides is 1. The monoisotopic (exact) mass is 608 g/mol. The number of rotatable bonds is 16. The van der Waals surface area contributed by atoms with E-state index in [4.69, 9.17) is 23.2 Å². The van der Waals surface area contributed by atoms with Crippen molar-refractivity contribution < 1.29 is 23.1 Å². The highest BCUT2D eigenvalue weighted by atomic mass is 35.5. The number of carboxylic acids is 1. The number of carboxylic acid groups (broad SMARTS) is 1. The first-order valence-corrected chi connectivity index (χ1v) is 16.4. The molecule has 4 unspecified atom stereocenters. The van der Waals surface area contributed by atoms with E-state index in [1.54, 1.807) is 23.1 Å². The Balaban J connectivity index is 1.77. The van der Waals surface area contributed by atoms with Gasteiger partial charge < -0.3 is 10.0 Å². The first kappa shape index (κ1) is 30.8. The molecule has 40 heavy (non-hydrogen) atoms. The van der Waals surface area contributed by atoms with Gasteiger partial charge in [0.15, 0.2) is 0 Å². The standard InChI is InChI=1S/C30H38Cl2N2O5S/c1-2-20(16-29(36)37)15-27(23-5-3-6-25(32)17-23)30(22-11-13-24(31)14-12-22)34(19-35)28(21-9-10-21)18-33-40(38,39)26-7-4-8-26/h3,5-6,11-14,17,19-21,26-28,30,33H,2,4,7-10,15-16,18H2,1H3,(H,36,37). The van der Waals surface area contributed by atoms with E-state index in [-0.39, 0.29) is 42.0 Å². The molecule has 0 heterocycles. The van der Waals surface area contributed by atoms with E-state index in [1.165, 1.54) is 0 Å². The van der Waals surface area contributed by atoms with Crippen LogP contribution in [0.5, 0.6) is 0 Å². The van der Waals surface area contributed by atoms with Crippen LogP contribution in [0.2, 0.25) is 10.0 Å². The Kier molecular flexibility index (Phi) is 10.5. The van der Waals surface area contributed by atoms with E-state index in [0.717, 1.165) is 36.8 Å². The molecular weight excluding hydrogens is 571 g/mol. The Labute approximate surface area is 247 Å². The highest BCUT2D eigenvalue weighted by molar-refractivity contribution is 7.90. The Hall–Kier alpha value is -2.13. The van der Waals surface area contributed by atoms with Crippen molar-refractivity contribution >= 4 is 45.6 Å². The Morgan fingerprint density at radius 3 is 2.30 bits per heavy atom. The lowest BCUT2D eigenvalue weighted by atomic mass is 9.78. The van der Waals surface area contributed by atoms with Crippen molar-refractivity contribution in [2.24, 2.45) is 11.8 Å². The van der Waals surface area contributed by atoms with Crippen LogP contribution in [0.1, 0.15) is 81.4 Å². The largest absolute Gasteiger partial charge is 0.481 e. The summed E-state index contributed by atoms with van der Waals surface area (Å²) in [6.07, 6.45) is 6.05. The minimum Gasteiger partial charge on any atom is -0.481 e. The molecule has 0 spiro atoms. The number of hydrogen-bond donors (Lipinski definition) is 2. The van der Waals surface area contributed by atoms with Crippen LogP contribution in [0.3, 0.4) is 0 Å². The maximum absolute atomic E-state index is 13.0. The second-order valence-electron chi connectivity index (χ2n) is 11.2. The molecule has 4 rings (SSSR count). The lowest BCUT2D eigenvalue weighted by Crippen LogP contribution is -2.49. The lowest BCUT2D eigenvalue weighted by Gasteiger charge is -2.42. The molecule has 0 aliphatic heterocycles. The van der Waals surface area contributed by atoms with Crippen LogP contribution in [0, 0.1) is 11.8 Å². The van der Waals surface area contributed by atoms with E-state index >= 15 is 0 Å². The zero-order chi connectivity index (χ0) is 28.9. The van der Waals surface area contributed by atoms with Crippen molar-refractivity contribution in [2.45, 2.75) is 81.5 Å². The van der Waals surface area contributed by atoms with Crippen LogP contribution in [0.4, 0.5) is 0 Å². The second-order valence-corrected chi connectivity index (χ2v) is 14.1. The van der Waals surface area contributed by atoms with Crippen LogP contribution in [0.25, 0.3) is 0 Å². The fourth-order valence-electron chi connectivity index (χ4n) is 5.80. The number of nitrogens with one attached hydrogen (secondary N) is 1. The molecule has 7 nitrogen and oxygen atoms in total. The van der Waals surface area contributed by atoms with Gasteiger partial charge in [0.1, 0.15) is 0 Å². The number of carbonyl (C=O) groups excluding carboxylic acids is 1. The van der Waals surface area contributed by atoms with Crippen LogP contribution in [-0.2, 0) is 19.6 Å². The van der Waals surface area contributed by atoms with Crippen molar-refractivity contribution in [3.05, 3.63) is 69.7 Å². The number of benzene rings is 2. The average Bonchev–Trinajstić information content (AvgIpc) is 3.71. The van der Waals surface area contributed by atoms with Gasteiger partial charge in [-0.1, -0.05) is 67.2 Å². The molecule has 218 valence electrons. The molecular formula is C30H38Cl2N2O5S. The summed E-state index contributed by atoms with van der Waals surface area (Å²) in [7, 11) is -3.47. The molecule has 2 aliphatic rings. The van der Waals surface area contributed by atoms with E-state index in [9.17, 15) is 23.1 Å². The van der Waals surface area contributed by atoms with Gasteiger partial charge in [0.05, 0.1) is 11.3 Å². The van der Waals surface area contributed by atoms with Gasteiger partial charge in [-0.25, -0.2) is 13.1 Å². The molecule has 4 atom stereocenters. The lowest BCUT2D eigenvalue weighted by molar-refractivity contribution is -0.138. The summed E-state index contributed by atoms with van der Waals surface area (Å²) in [5, 5.41) is 10.3. The van der Waals surface area contributed by atoms with E-state index in [1.807, 2.05) is 37.3 Å². The summed E-state index contributed by atoms with van der Waals surface area (Å²) in [6, 6.07) is 14.0. The van der Waals surface area contributed by atoms with Gasteiger partial charge in [0.2, 0.25) is 16.4 Å². The quantitative estimate of drug-likeness (QED) is 0.214. The molecule has 1 amide bonds. The van der Waals surface area contributed by atoms with Gasteiger partial charge in [-0.3, -0.25) is 9.59 Å². The molecule has 0 aromatic heterocycles. The minimum atomic E-state index is -3.47. The number of nitrogens with zero attached hydrogens (tertiary/aromatic N) is 1. The first-order valence-electron chi connectivity index (χ1n) is 14.1. The molecule has 10 heteroatoms. The Bertz CT molecular complexity index is 1270. The second kappa shape index (κ2) is 13.7. The summed E-state index contributed by atoms with van der Waals surface area (Å²) >= 11 is 12.7. The molecule has 0 saturated heterocycles. The van der Waals surface area contributed by atoms with Gasteiger partial charge in [0.25, 0.3) is 0 Å². The minimum absolute atomic E-state index is 0.00916. The maximum atomic E-state index is 13.0. The topological polar surface area (TPSA) is 104 Å². The summed E-state index contributed by atoms with van der Waals surface area (Å²) in [4.78, 5) is 26.5. The fraction of sp³-hybridized carbons (Fsp3) is 0.533. The maximum Gasteiger partial charge on any atom is 0.303 e. The number of sulfonamides is 1. The molecule has 2 fully saturated rings. The summed E-state index contributed by atoms with van der Waals surface area (Å²) in [6.45, 7) is 2.11. The van der Waals surface area contributed by atoms with Crippen molar-refractivity contribution in [3.63, 3.8) is 0 Å². The van der Waals surface area contributed by atoms with Gasteiger partial charge >= 0.3 is 5.97 Å². The summed E-state index contributed by atoms with van der Waals surface area (Å²) in [5.74, 6) is -1.13. The van der Waals surface area contributed by atoms with Crippen LogP contribution in [0.15, 0.2) is 48.5 Å². The molecule has 0 bridgehead atoms. The number of carbonyl (C=O) groups is 2. The zero-order valence-electron chi connectivity index (χ0n) is 22.7. The van der Waals surface area contributed by atoms with Gasteiger partial charge in [-0.15, -0.1) is 0 Å². The van der Waals surface area contributed by atoms with Crippen LogP contribution >= 0.6 is 23.2 Å². The third-order valence-corrected chi connectivity index (χ3v) is 10.9. The normalized spacial score (nSPS) is 18.8. The predicted molar refractivity (Wildman–Crippen MR) is 158 cm³/mol. The van der Waals surface area contributed by atoms with Gasteiger partial charge in [0, 0.05) is 35.0 Å². The Morgan fingerprint density at radius 1 is 1.07 bits per heavy atom. The Morgan fingerprint density at radius 2 is 1.77 bits per heavy atom. The van der Waals surface area contributed by atoms with E-state index < -0.39 is 22.0 Å². The number of aliphatic carboxylic acids is 1. The molecule has 2 aliphatic carbocycles. The zero-order valence-corrected chi connectivity index (χ0v) is 25.0. The predicted octanol–water partition coefficient (Wildman–Crippen LogP) is 6.42. The smallest absolute Gasteiger partial charge is 0.303 e. The average molecular weight is 610 g/mol. The third-order valence-electron chi connectivity index (χ3n) is 8.47. The highest BCUT2D eigenvalue weighted by Gasteiger charge is 2.42. The SMILES string of the molecule is CCC(CC(=O)O)CC(c1cccc(Cl)c1)C(c1ccc(Cl)cc1)N(C=O)C(CNS(=O)(=O)C1CCC1)C1CC1. The fourth-order valence-corrected chi connectivity index (χ4v) is 7.72. The third kappa shape index (κ3) is 7.78. The van der Waals surface area contributed by atoms with Gasteiger partial charge in [-0.2, -0.15) is 0 Å². The van der Waals surface area contributed by atoms with Crippen LogP contribution < -0.4 is 4.72 Å². The van der Waals surface area contributed by atoms with Crippen molar-refractivity contribution in [2.75, 3.05) is 6.54 Å². The van der Waals surface area contributed by atoms with Gasteiger partial charge in [-0.05, 0) is 79.3 Å². The van der Waals surface area contributed by atoms with E-state index in [0.29, 0.717) is 35.7 Å². The number of hydrogen-bond acceptors (Lipinski definition) is 4. The molecule has 0 radical (unpaired) electrons. The molecule has 2 saturated carbocycles.